The van der Waals surface area contributed by atoms with Crippen molar-refractivity contribution in [2.75, 3.05) is 0 Å². The quantitative estimate of drug-likeness (QED) is 0.850. The maximum atomic E-state index is 12.2. The van der Waals surface area contributed by atoms with Crippen molar-refractivity contribution >= 4 is 23.6 Å². The third kappa shape index (κ3) is 3.79. The van der Waals surface area contributed by atoms with Crippen molar-refractivity contribution in [3.63, 3.8) is 0 Å². The van der Waals surface area contributed by atoms with Gasteiger partial charge in [-0.1, -0.05) is 24.3 Å². The lowest BCUT2D eigenvalue weighted by Crippen LogP contribution is -2.29. The average molecular weight is 360 g/mol. The topological polar surface area (TPSA) is 80.9 Å². The molecule has 6 heteroatoms. The Morgan fingerprint density at radius 3 is 2.81 bits per heavy atom. The number of rotatable bonds is 4. The maximum Gasteiger partial charge on any atom is 0.312 e. The number of nitrogens with zero attached hydrogens (tertiary/aromatic N) is 1. The summed E-state index contributed by atoms with van der Waals surface area (Å²) < 4.78 is 10.9. The standard InChI is InChI=1S/C21H16N2O4/c24-20(22-13-16-4-3-11-26-16)15-9-7-14(8-10-15)12-19-21(25)23-17-5-1-2-6-18(17)27-19/h1-12,18H,13H2,(H,22,24)/b19-12-. The van der Waals surface area contributed by atoms with E-state index in [9.17, 15) is 9.59 Å². The molecule has 2 aromatic rings. The minimum atomic E-state index is -0.415. The van der Waals surface area contributed by atoms with Crippen LogP contribution in [0.1, 0.15) is 21.7 Å². The Bertz CT molecular complexity index is 980. The van der Waals surface area contributed by atoms with Crippen LogP contribution in [0.4, 0.5) is 0 Å². The lowest BCUT2D eigenvalue weighted by molar-refractivity contribution is -0.118. The zero-order valence-corrected chi connectivity index (χ0v) is 14.3. The second-order valence-electron chi connectivity index (χ2n) is 6.02. The van der Waals surface area contributed by atoms with Gasteiger partial charge in [0.2, 0.25) is 0 Å². The zero-order chi connectivity index (χ0) is 18.6. The number of hydrogen-bond acceptors (Lipinski definition) is 4. The number of benzene rings is 1. The van der Waals surface area contributed by atoms with Gasteiger partial charge in [0.15, 0.2) is 11.9 Å². The van der Waals surface area contributed by atoms with Crippen molar-refractivity contribution in [3.8, 4) is 0 Å². The number of ether oxygens (including phenoxy) is 1. The molecule has 6 nitrogen and oxygen atoms in total. The lowest BCUT2D eigenvalue weighted by Gasteiger charge is -2.22. The molecule has 1 N–H and O–H groups in total. The highest BCUT2D eigenvalue weighted by molar-refractivity contribution is 6.13. The number of allylic oxidation sites excluding steroid dienone is 2. The van der Waals surface area contributed by atoms with Crippen LogP contribution in [0, 0.1) is 0 Å². The van der Waals surface area contributed by atoms with Crippen LogP contribution in [-0.2, 0) is 16.1 Å². The second kappa shape index (κ2) is 7.29. The molecule has 1 aliphatic heterocycles. The van der Waals surface area contributed by atoms with Gasteiger partial charge >= 0.3 is 5.91 Å². The van der Waals surface area contributed by atoms with Crippen LogP contribution in [0.5, 0.6) is 0 Å². The van der Waals surface area contributed by atoms with Gasteiger partial charge in [-0.15, -0.1) is 0 Å². The van der Waals surface area contributed by atoms with Crippen molar-refractivity contribution in [2.45, 2.75) is 12.6 Å². The van der Waals surface area contributed by atoms with Crippen LogP contribution in [0.3, 0.4) is 0 Å². The number of fused-ring (bicyclic) bond motifs is 1. The fourth-order valence-corrected chi connectivity index (χ4v) is 2.73. The molecule has 1 unspecified atom stereocenters. The number of carbonyl (C=O) groups excluding carboxylic acids is 2. The summed E-state index contributed by atoms with van der Waals surface area (Å²) in [5.74, 6) is 0.244. The van der Waals surface area contributed by atoms with E-state index in [1.54, 1.807) is 54.8 Å². The lowest BCUT2D eigenvalue weighted by atomic mass is 10.1. The van der Waals surface area contributed by atoms with Crippen molar-refractivity contribution in [2.24, 2.45) is 4.99 Å². The SMILES string of the molecule is O=C1N=C2C=CC=CC2O/C1=C\c1ccc(C(=O)NCc2ccco2)cc1. The van der Waals surface area contributed by atoms with Crippen LogP contribution in [-0.4, -0.2) is 23.6 Å². The summed E-state index contributed by atoms with van der Waals surface area (Å²) >= 11 is 0. The van der Waals surface area contributed by atoms with Gasteiger partial charge in [-0.25, -0.2) is 4.99 Å². The summed E-state index contributed by atoms with van der Waals surface area (Å²) in [7, 11) is 0. The number of furan rings is 1. The highest BCUT2D eigenvalue weighted by Gasteiger charge is 2.26. The van der Waals surface area contributed by atoms with Crippen LogP contribution in [0.15, 0.2) is 82.1 Å². The van der Waals surface area contributed by atoms with Crippen molar-refractivity contribution in [1.82, 2.24) is 5.32 Å². The summed E-state index contributed by atoms with van der Waals surface area (Å²) in [5, 5.41) is 2.78. The molecule has 1 aromatic heterocycles. The highest BCUT2D eigenvalue weighted by atomic mass is 16.5. The van der Waals surface area contributed by atoms with Gasteiger partial charge in [0, 0.05) is 5.56 Å². The first kappa shape index (κ1) is 16.8. The van der Waals surface area contributed by atoms with Crippen molar-refractivity contribution in [1.29, 1.82) is 0 Å². The third-order valence-corrected chi connectivity index (χ3v) is 4.12. The van der Waals surface area contributed by atoms with E-state index in [0.717, 1.165) is 5.56 Å². The van der Waals surface area contributed by atoms with Crippen LogP contribution < -0.4 is 5.32 Å². The minimum Gasteiger partial charge on any atom is -0.474 e. The van der Waals surface area contributed by atoms with E-state index >= 15 is 0 Å². The summed E-state index contributed by atoms with van der Waals surface area (Å²) in [5.41, 5.74) is 1.86. The van der Waals surface area contributed by atoms with Gasteiger partial charge in [-0.3, -0.25) is 9.59 Å². The molecule has 0 saturated carbocycles. The number of aliphatic imine (C=N–C) groups is 1. The molecule has 1 atom stereocenters. The van der Waals surface area contributed by atoms with Gasteiger partial charge in [-0.2, -0.15) is 0 Å². The van der Waals surface area contributed by atoms with E-state index < -0.39 is 5.91 Å². The van der Waals surface area contributed by atoms with E-state index in [4.69, 9.17) is 9.15 Å². The van der Waals surface area contributed by atoms with E-state index in [1.807, 2.05) is 18.2 Å². The molecule has 0 saturated heterocycles. The first-order chi connectivity index (χ1) is 13.2. The Kier molecular flexibility index (Phi) is 4.53. The predicted octanol–water partition coefficient (Wildman–Crippen LogP) is 3.04. The Morgan fingerprint density at radius 1 is 1.19 bits per heavy atom. The number of carbonyl (C=O) groups is 2. The van der Waals surface area contributed by atoms with Crippen molar-refractivity contribution < 1.29 is 18.7 Å². The monoisotopic (exact) mass is 360 g/mol. The normalized spacial score (nSPS) is 19.4. The van der Waals surface area contributed by atoms with Crippen LogP contribution in [0.2, 0.25) is 0 Å². The molecular formula is C21H16N2O4. The number of hydrogen-bond donors (Lipinski definition) is 1. The van der Waals surface area contributed by atoms with Gasteiger partial charge < -0.3 is 14.5 Å². The van der Waals surface area contributed by atoms with E-state index in [2.05, 4.69) is 10.3 Å². The minimum absolute atomic E-state index is 0.179. The Labute approximate surface area is 155 Å². The molecule has 0 spiro atoms. The van der Waals surface area contributed by atoms with Gasteiger partial charge in [0.1, 0.15) is 5.76 Å². The molecular weight excluding hydrogens is 344 g/mol. The van der Waals surface area contributed by atoms with Crippen LogP contribution >= 0.6 is 0 Å². The fourth-order valence-electron chi connectivity index (χ4n) is 2.73. The Hall–Kier alpha value is -3.67. The van der Waals surface area contributed by atoms with Gasteiger partial charge in [-0.05, 0) is 48.1 Å². The third-order valence-electron chi connectivity index (χ3n) is 4.12. The molecule has 2 heterocycles. The van der Waals surface area contributed by atoms with E-state index in [1.165, 1.54) is 0 Å². The summed E-state index contributed by atoms with van der Waals surface area (Å²) in [6.07, 6.45) is 10.1. The Morgan fingerprint density at radius 2 is 2.04 bits per heavy atom. The first-order valence-corrected chi connectivity index (χ1v) is 8.46. The fraction of sp³-hybridized carbons (Fsp3) is 0.0952. The number of amides is 2. The molecule has 1 aromatic carbocycles. The van der Waals surface area contributed by atoms with E-state index in [0.29, 0.717) is 23.6 Å². The largest absolute Gasteiger partial charge is 0.474 e. The molecule has 0 radical (unpaired) electrons. The van der Waals surface area contributed by atoms with Gasteiger partial charge in [0.25, 0.3) is 5.91 Å². The summed E-state index contributed by atoms with van der Waals surface area (Å²) in [6.45, 7) is 0.323. The molecule has 2 amide bonds. The van der Waals surface area contributed by atoms with Gasteiger partial charge in [0.05, 0.1) is 18.5 Å². The number of nitrogens with one attached hydrogen (secondary N) is 1. The maximum absolute atomic E-state index is 12.2. The molecule has 0 fully saturated rings. The zero-order valence-electron chi connectivity index (χ0n) is 14.3. The predicted molar refractivity (Wildman–Crippen MR) is 99.9 cm³/mol. The second-order valence-corrected chi connectivity index (χ2v) is 6.02. The first-order valence-electron chi connectivity index (χ1n) is 8.46. The molecule has 27 heavy (non-hydrogen) atoms. The summed E-state index contributed by atoms with van der Waals surface area (Å²) in [6, 6.07) is 10.4. The summed E-state index contributed by atoms with van der Waals surface area (Å²) in [4.78, 5) is 28.3. The average Bonchev–Trinajstić information content (AvgIpc) is 3.21. The molecule has 2 aliphatic rings. The molecule has 134 valence electrons. The smallest absolute Gasteiger partial charge is 0.312 e. The molecule has 4 rings (SSSR count). The van der Waals surface area contributed by atoms with Crippen molar-refractivity contribution in [3.05, 3.63) is 89.6 Å². The molecule has 1 aliphatic carbocycles. The van der Waals surface area contributed by atoms with Crippen LogP contribution in [0.25, 0.3) is 6.08 Å². The van der Waals surface area contributed by atoms with E-state index in [-0.39, 0.29) is 17.8 Å². The Balaban J connectivity index is 1.44. The highest BCUT2D eigenvalue weighted by Crippen LogP contribution is 2.20. The molecule has 0 bridgehead atoms.